The summed E-state index contributed by atoms with van der Waals surface area (Å²) in [5.74, 6) is 2.80. The first kappa shape index (κ1) is 36.1. The second-order valence-electron chi connectivity index (χ2n) is 17.0. The fraction of sp³-hybridized carbons (Fsp3) is 0.196. The predicted molar refractivity (Wildman–Crippen MR) is 232 cm³/mol. The van der Waals surface area contributed by atoms with Crippen molar-refractivity contribution >= 4 is 27.7 Å². The minimum Gasteiger partial charge on any atom is -0.467 e. The standard InChI is InChI=1S/C51H46N4O2/c1-50(2,3)37-20-23-44-42(30-37)41-22-21-39(32-45(41)55(44)46-31-38(24-26-53-46)51(4,5)6)56-40-28-35(43-19-13-14-25-52-43)27-36(29-40)49-54-47(33-15-9-7-10-16-33)48(57-49)34-17-11-8-12-18-34/h7-32,47-48H,1-6H3/t47-,48-/m1/s1. The highest BCUT2D eigenvalue weighted by atomic mass is 16.5. The van der Waals surface area contributed by atoms with Gasteiger partial charge in [-0.05, 0) is 99.8 Å². The number of aromatic nitrogens is 3. The van der Waals surface area contributed by atoms with Crippen LogP contribution >= 0.6 is 0 Å². The molecule has 6 heteroatoms. The lowest BCUT2D eigenvalue weighted by Crippen LogP contribution is -2.12. The molecular formula is C51H46N4O2. The minimum absolute atomic E-state index is 0.00194. The fourth-order valence-electron chi connectivity index (χ4n) is 7.73. The summed E-state index contributed by atoms with van der Waals surface area (Å²) in [5.41, 5.74) is 9.32. The van der Waals surface area contributed by atoms with E-state index >= 15 is 0 Å². The third kappa shape index (κ3) is 7.08. The summed E-state index contributed by atoms with van der Waals surface area (Å²) in [6.07, 6.45) is 3.45. The van der Waals surface area contributed by atoms with Gasteiger partial charge in [-0.3, -0.25) is 9.55 Å². The van der Waals surface area contributed by atoms with E-state index in [4.69, 9.17) is 24.4 Å². The van der Waals surface area contributed by atoms with Gasteiger partial charge in [-0.15, -0.1) is 0 Å². The molecule has 57 heavy (non-hydrogen) atoms. The van der Waals surface area contributed by atoms with Gasteiger partial charge in [-0.2, -0.15) is 0 Å². The van der Waals surface area contributed by atoms with Gasteiger partial charge in [0.15, 0.2) is 6.10 Å². The highest BCUT2D eigenvalue weighted by molar-refractivity contribution is 6.10. The van der Waals surface area contributed by atoms with Crippen molar-refractivity contribution in [1.29, 1.82) is 0 Å². The molecule has 0 saturated heterocycles. The molecule has 0 spiro atoms. The molecule has 282 valence electrons. The molecule has 1 aliphatic rings. The Bertz CT molecular complexity index is 2760. The smallest absolute Gasteiger partial charge is 0.217 e. The van der Waals surface area contributed by atoms with Crippen molar-refractivity contribution in [2.24, 2.45) is 4.99 Å². The zero-order chi connectivity index (χ0) is 39.3. The first-order chi connectivity index (χ1) is 27.5. The minimum atomic E-state index is -0.278. The number of rotatable bonds is 7. The van der Waals surface area contributed by atoms with E-state index in [1.54, 1.807) is 0 Å². The van der Waals surface area contributed by atoms with Crippen LogP contribution in [0.25, 0.3) is 38.9 Å². The van der Waals surface area contributed by atoms with Crippen LogP contribution in [0.3, 0.4) is 0 Å². The van der Waals surface area contributed by atoms with Crippen LogP contribution in [-0.4, -0.2) is 20.4 Å². The van der Waals surface area contributed by atoms with Gasteiger partial charge in [-0.1, -0.05) is 114 Å². The summed E-state index contributed by atoms with van der Waals surface area (Å²) < 4.78 is 15.9. The van der Waals surface area contributed by atoms with Gasteiger partial charge in [0.1, 0.15) is 23.4 Å². The monoisotopic (exact) mass is 746 g/mol. The maximum absolute atomic E-state index is 6.84. The number of nitrogens with zero attached hydrogens (tertiary/aromatic N) is 4. The molecule has 9 rings (SSSR count). The summed E-state index contributed by atoms with van der Waals surface area (Å²) in [6, 6.07) is 50.0. The van der Waals surface area contributed by atoms with Gasteiger partial charge >= 0.3 is 0 Å². The van der Waals surface area contributed by atoms with Crippen LogP contribution in [0.2, 0.25) is 0 Å². The van der Waals surface area contributed by atoms with Gasteiger partial charge in [-0.25, -0.2) is 9.98 Å². The highest BCUT2D eigenvalue weighted by Crippen LogP contribution is 2.43. The van der Waals surface area contributed by atoms with Crippen molar-refractivity contribution in [1.82, 2.24) is 14.5 Å². The van der Waals surface area contributed by atoms with Crippen LogP contribution in [-0.2, 0) is 15.6 Å². The van der Waals surface area contributed by atoms with Crippen LogP contribution in [0.4, 0.5) is 0 Å². The Morgan fingerprint density at radius 1 is 0.544 bits per heavy atom. The molecule has 0 radical (unpaired) electrons. The molecule has 0 fully saturated rings. The van der Waals surface area contributed by atoms with E-state index < -0.39 is 0 Å². The largest absolute Gasteiger partial charge is 0.467 e. The Hall–Kier alpha value is -6.53. The van der Waals surface area contributed by atoms with Gasteiger partial charge in [0.2, 0.25) is 5.90 Å². The van der Waals surface area contributed by atoms with Crippen LogP contribution < -0.4 is 4.74 Å². The van der Waals surface area contributed by atoms with Crippen molar-refractivity contribution in [3.63, 3.8) is 0 Å². The van der Waals surface area contributed by atoms with Crippen molar-refractivity contribution in [2.75, 3.05) is 0 Å². The Balaban J connectivity index is 1.17. The average Bonchev–Trinajstić information content (AvgIpc) is 3.81. The number of hydrogen-bond donors (Lipinski definition) is 0. The van der Waals surface area contributed by atoms with Gasteiger partial charge in [0, 0.05) is 40.4 Å². The van der Waals surface area contributed by atoms with Crippen molar-refractivity contribution in [2.45, 2.75) is 64.5 Å². The van der Waals surface area contributed by atoms with Crippen molar-refractivity contribution < 1.29 is 9.47 Å². The summed E-state index contributed by atoms with van der Waals surface area (Å²) in [5, 5.41) is 2.32. The molecule has 0 N–H and O–H groups in total. The normalized spacial score (nSPS) is 15.8. The van der Waals surface area contributed by atoms with E-state index in [0.29, 0.717) is 17.4 Å². The van der Waals surface area contributed by atoms with E-state index in [2.05, 4.69) is 137 Å². The molecular weight excluding hydrogens is 701 g/mol. The van der Waals surface area contributed by atoms with E-state index in [-0.39, 0.29) is 23.0 Å². The third-order valence-corrected chi connectivity index (χ3v) is 10.8. The van der Waals surface area contributed by atoms with E-state index in [0.717, 1.165) is 50.2 Å². The first-order valence-electron chi connectivity index (χ1n) is 19.6. The molecule has 0 aliphatic carbocycles. The molecule has 0 saturated carbocycles. The maximum atomic E-state index is 6.84. The second-order valence-corrected chi connectivity index (χ2v) is 17.0. The molecule has 3 aromatic heterocycles. The lowest BCUT2D eigenvalue weighted by molar-refractivity contribution is 0.197. The number of hydrogen-bond acceptors (Lipinski definition) is 5. The van der Waals surface area contributed by atoms with Crippen molar-refractivity contribution in [3.8, 4) is 28.6 Å². The lowest BCUT2D eigenvalue weighted by atomic mass is 9.86. The van der Waals surface area contributed by atoms with Crippen LogP contribution in [0.1, 0.15) is 81.5 Å². The molecule has 0 unspecified atom stereocenters. The highest BCUT2D eigenvalue weighted by Gasteiger charge is 2.34. The number of aliphatic imine (C=N–C) groups is 1. The van der Waals surface area contributed by atoms with E-state index in [9.17, 15) is 0 Å². The Morgan fingerprint density at radius 2 is 1.25 bits per heavy atom. The number of benzene rings is 5. The van der Waals surface area contributed by atoms with Crippen molar-refractivity contribution in [3.05, 3.63) is 186 Å². The molecule has 0 amide bonds. The van der Waals surface area contributed by atoms with Gasteiger partial charge in [0.05, 0.1) is 16.7 Å². The lowest BCUT2D eigenvalue weighted by Gasteiger charge is -2.20. The number of ether oxygens (including phenoxy) is 2. The second kappa shape index (κ2) is 14.2. The summed E-state index contributed by atoms with van der Waals surface area (Å²) in [7, 11) is 0. The molecule has 2 atom stereocenters. The SMILES string of the molecule is CC(C)(C)c1ccnc(-n2c3ccc(C(C)(C)C)cc3c3ccc(Oc4cc(C5=N[C@H](c6ccccc6)[C@@H](c6ccccc6)O5)cc(-c5ccccn5)c4)cc32)c1. The molecule has 0 bridgehead atoms. The zero-order valence-corrected chi connectivity index (χ0v) is 33.3. The van der Waals surface area contributed by atoms with Gasteiger partial charge in [0.25, 0.3) is 0 Å². The molecule has 6 nitrogen and oxygen atoms in total. The summed E-state index contributed by atoms with van der Waals surface area (Å²) in [4.78, 5) is 14.9. The average molecular weight is 747 g/mol. The van der Waals surface area contributed by atoms with E-state index in [1.807, 2.05) is 67.0 Å². The molecule has 4 heterocycles. The predicted octanol–water partition coefficient (Wildman–Crippen LogP) is 12.9. The molecule has 5 aromatic carbocycles. The Kier molecular flexibility index (Phi) is 9.00. The summed E-state index contributed by atoms with van der Waals surface area (Å²) >= 11 is 0. The van der Waals surface area contributed by atoms with Crippen LogP contribution in [0, 0.1) is 0 Å². The number of fused-ring (bicyclic) bond motifs is 3. The van der Waals surface area contributed by atoms with Crippen LogP contribution in [0.5, 0.6) is 11.5 Å². The Labute approximate surface area is 334 Å². The zero-order valence-electron chi connectivity index (χ0n) is 33.3. The Morgan fingerprint density at radius 3 is 1.96 bits per heavy atom. The third-order valence-electron chi connectivity index (χ3n) is 10.8. The maximum Gasteiger partial charge on any atom is 0.217 e. The summed E-state index contributed by atoms with van der Waals surface area (Å²) in [6.45, 7) is 13.5. The van der Waals surface area contributed by atoms with Crippen LogP contribution in [0.15, 0.2) is 163 Å². The topological polar surface area (TPSA) is 61.5 Å². The first-order valence-corrected chi connectivity index (χ1v) is 19.6. The quantitative estimate of drug-likeness (QED) is 0.163. The molecule has 8 aromatic rings. The fourth-order valence-corrected chi connectivity index (χ4v) is 7.73. The van der Waals surface area contributed by atoms with Gasteiger partial charge < -0.3 is 9.47 Å². The molecule has 1 aliphatic heterocycles. The van der Waals surface area contributed by atoms with E-state index in [1.165, 1.54) is 16.5 Å². The number of pyridine rings is 2.